The SMILES string of the molecule is CNCCC#Cc1ccc(N=C=S)cc1. The van der Waals surface area contributed by atoms with Crippen LogP contribution in [0.25, 0.3) is 0 Å². The maximum atomic E-state index is 4.51. The fraction of sp³-hybridized carbons (Fsp3) is 0.250. The number of hydrogen-bond acceptors (Lipinski definition) is 3. The Morgan fingerprint density at radius 1 is 1.33 bits per heavy atom. The lowest BCUT2D eigenvalue weighted by molar-refractivity contribution is 0.818. The predicted molar refractivity (Wildman–Crippen MR) is 66.5 cm³/mol. The van der Waals surface area contributed by atoms with Crippen LogP contribution < -0.4 is 5.32 Å². The summed E-state index contributed by atoms with van der Waals surface area (Å²) in [5.41, 5.74) is 1.81. The van der Waals surface area contributed by atoms with E-state index in [1.807, 2.05) is 31.3 Å². The van der Waals surface area contributed by atoms with Gasteiger partial charge in [0.05, 0.1) is 10.8 Å². The number of nitrogens with zero attached hydrogens (tertiary/aromatic N) is 1. The predicted octanol–water partition coefficient (Wildman–Crippen LogP) is 2.38. The molecule has 1 N–H and O–H groups in total. The Morgan fingerprint density at radius 3 is 2.67 bits per heavy atom. The van der Waals surface area contributed by atoms with Crippen molar-refractivity contribution >= 4 is 23.1 Å². The van der Waals surface area contributed by atoms with Crippen LogP contribution in [0.1, 0.15) is 12.0 Å². The molecule has 15 heavy (non-hydrogen) atoms. The van der Waals surface area contributed by atoms with Crippen LogP contribution in [-0.2, 0) is 0 Å². The van der Waals surface area contributed by atoms with Gasteiger partial charge >= 0.3 is 0 Å². The first-order chi connectivity index (χ1) is 7.36. The second kappa shape index (κ2) is 6.92. The fourth-order valence-electron chi connectivity index (χ4n) is 1.02. The third kappa shape index (κ3) is 4.53. The first-order valence-electron chi connectivity index (χ1n) is 4.68. The molecule has 0 aliphatic rings. The molecule has 0 bridgehead atoms. The van der Waals surface area contributed by atoms with Crippen molar-refractivity contribution in [1.29, 1.82) is 0 Å². The van der Waals surface area contributed by atoms with Crippen molar-refractivity contribution in [2.45, 2.75) is 6.42 Å². The Labute approximate surface area is 95.4 Å². The average Bonchev–Trinajstić information content (AvgIpc) is 2.27. The van der Waals surface area contributed by atoms with E-state index in [4.69, 9.17) is 0 Å². The number of aliphatic imine (C=N–C) groups is 1. The smallest absolute Gasteiger partial charge is 0.0740 e. The van der Waals surface area contributed by atoms with Crippen LogP contribution in [0.4, 0.5) is 5.69 Å². The van der Waals surface area contributed by atoms with E-state index in [1.54, 1.807) is 0 Å². The number of nitrogens with one attached hydrogen (secondary N) is 1. The Bertz CT molecular complexity index is 405. The zero-order valence-electron chi connectivity index (χ0n) is 8.58. The molecular formula is C12H12N2S. The zero-order valence-corrected chi connectivity index (χ0v) is 9.40. The van der Waals surface area contributed by atoms with E-state index < -0.39 is 0 Å². The Balaban J connectivity index is 2.62. The van der Waals surface area contributed by atoms with E-state index in [2.05, 4.69) is 39.5 Å². The largest absolute Gasteiger partial charge is 0.319 e. The summed E-state index contributed by atoms with van der Waals surface area (Å²) in [7, 11) is 1.92. The minimum absolute atomic E-state index is 0.811. The van der Waals surface area contributed by atoms with Crippen LogP contribution in [0.15, 0.2) is 29.3 Å². The summed E-state index contributed by atoms with van der Waals surface area (Å²) in [4.78, 5) is 3.86. The summed E-state index contributed by atoms with van der Waals surface area (Å²) >= 11 is 4.51. The first kappa shape index (κ1) is 11.6. The molecule has 0 unspecified atom stereocenters. The molecule has 0 fully saturated rings. The molecule has 0 aliphatic carbocycles. The third-order valence-electron chi connectivity index (χ3n) is 1.77. The zero-order chi connectivity index (χ0) is 10.9. The highest BCUT2D eigenvalue weighted by Gasteiger charge is 1.88. The van der Waals surface area contributed by atoms with E-state index >= 15 is 0 Å². The van der Waals surface area contributed by atoms with E-state index in [1.165, 1.54) is 0 Å². The van der Waals surface area contributed by atoms with Crippen LogP contribution in [0.2, 0.25) is 0 Å². The number of isothiocyanates is 1. The van der Waals surface area contributed by atoms with E-state index in [0.29, 0.717) is 0 Å². The van der Waals surface area contributed by atoms with Crippen molar-refractivity contribution in [3.8, 4) is 11.8 Å². The number of benzene rings is 1. The quantitative estimate of drug-likeness (QED) is 0.363. The molecule has 0 aliphatic heterocycles. The summed E-state index contributed by atoms with van der Waals surface area (Å²) < 4.78 is 0. The molecule has 2 nitrogen and oxygen atoms in total. The maximum absolute atomic E-state index is 4.51. The highest BCUT2D eigenvalue weighted by Crippen LogP contribution is 2.11. The van der Waals surface area contributed by atoms with Crippen molar-refractivity contribution in [2.75, 3.05) is 13.6 Å². The van der Waals surface area contributed by atoms with Crippen molar-refractivity contribution in [3.05, 3.63) is 29.8 Å². The van der Waals surface area contributed by atoms with Crippen molar-refractivity contribution in [3.63, 3.8) is 0 Å². The monoisotopic (exact) mass is 216 g/mol. The van der Waals surface area contributed by atoms with Gasteiger partial charge in [-0.2, -0.15) is 4.99 Å². The molecule has 0 spiro atoms. The lowest BCUT2D eigenvalue weighted by atomic mass is 10.2. The molecular weight excluding hydrogens is 204 g/mol. The van der Waals surface area contributed by atoms with Gasteiger partial charge in [-0.05, 0) is 43.5 Å². The number of thiocarbonyl (C=S) groups is 1. The van der Waals surface area contributed by atoms with E-state index in [-0.39, 0.29) is 0 Å². The van der Waals surface area contributed by atoms with Gasteiger partial charge in [0.15, 0.2) is 0 Å². The number of hydrogen-bond donors (Lipinski definition) is 1. The van der Waals surface area contributed by atoms with Gasteiger partial charge < -0.3 is 5.32 Å². The Hall–Kier alpha value is -1.46. The van der Waals surface area contributed by atoms with Gasteiger partial charge in [0.2, 0.25) is 0 Å². The number of rotatable bonds is 3. The summed E-state index contributed by atoms with van der Waals surface area (Å²) in [6.07, 6.45) is 0.857. The second-order valence-corrected chi connectivity index (χ2v) is 3.09. The van der Waals surface area contributed by atoms with Gasteiger partial charge in [-0.15, -0.1) is 0 Å². The molecule has 0 amide bonds. The Kier molecular flexibility index (Phi) is 5.35. The third-order valence-corrected chi connectivity index (χ3v) is 1.87. The molecule has 76 valence electrons. The molecule has 0 saturated heterocycles. The normalized spacial score (nSPS) is 8.60. The van der Waals surface area contributed by atoms with E-state index in [9.17, 15) is 0 Å². The van der Waals surface area contributed by atoms with Gasteiger partial charge in [-0.1, -0.05) is 11.8 Å². The van der Waals surface area contributed by atoms with Crippen LogP contribution in [0.5, 0.6) is 0 Å². The summed E-state index contributed by atoms with van der Waals surface area (Å²) in [5, 5.41) is 5.37. The molecule has 1 aromatic rings. The molecule has 1 rings (SSSR count). The highest BCUT2D eigenvalue weighted by atomic mass is 32.1. The molecule has 0 saturated carbocycles. The van der Waals surface area contributed by atoms with Crippen LogP contribution >= 0.6 is 12.2 Å². The maximum Gasteiger partial charge on any atom is 0.0740 e. The molecule has 0 heterocycles. The minimum Gasteiger partial charge on any atom is -0.319 e. The standard InChI is InChI=1S/C12H12N2S/c1-13-9-3-2-4-11-5-7-12(8-6-11)14-10-15/h5-8,13H,3,9H2,1H3. The van der Waals surface area contributed by atoms with Gasteiger partial charge in [0.25, 0.3) is 0 Å². The van der Waals surface area contributed by atoms with Gasteiger partial charge in [0.1, 0.15) is 0 Å². The van der Waals surface area contributed by atoms with Crippen molar-refractivity contribution in [2.24, 2.45) is 4.99 Å². The molecule has 0 radical (unpaired) electrons. The lowest BCUT2D eigenvalue weighted by Crippen LogP contribution is -2.05. The van der Waals surface area contributed by atoms with Crippen LogP contribution in [0.3, 0.4) is 0 Å². The summed E-state index contributed by atoms with van der Waals surface area (Å²) in [6.45, 7) is 0.917. The van der Waals surface area contributed by atoms with Crippen LogP contribution in [-0.4, -0.2) is 18.8 Å². The molecule has 0 atom stereocenters. The summed E-state index contributed by atoms with van der Waals surface area (Å²) in [5.74, 6) is 6.15. The molecule has 0 aromatic heterocycles. The molecule has 1 aromatic carbocycles. The topological polar surface area (TPSA) is 24.4 Å². The van der Waals surface area contributed by atoms with Gasteiger partial charge in [-0.25, -0.2) is 0 Å². The second-order valence-electron chi connectivity index (χ2n) is 2.91. The Morgan fingerprint density at radius 2 is 2.07 bits per heavy atom. The minimum atomic E-state index is 0.811. The van der Waals surface area contributed by atoms with Crippen LogP contribution in [0, 0.1) is 11.8 Å². The lowest BCUT2D eigenvalue weighted by Gasteiger charge is -1.92. The van der Waals surface area contributed by atoms with E-state index in [0.717, 1.165) is 24.2 Å². The highest BCUT2D eigenvalue weighted by molar-refractivity contribution is 7.78. The average molecular weight is 216 g/mol. The molecule has 3 heteroatoms. The van der Waals surface area contributed by atoms with Gasteiger partial charge in [0, 0.05) is 18.5 Å². The van der Waals surface area contributed by atoms with Crippen molar-refractivity contribution < 1.29 is 0 Å². The first-order valence-corrected chi connectivity index (χ1v) is 5.09. The van der Waals surface area contributed by atoms with Crippen molar-refractivity contribution in [1.82, 2.24) is 5.32 Å². The van der Waals surface area contributed by atoms with Gasteiger partial charge in [-0.3, -0.25) is 0 Å². The fourth-order valence-corrected chi connectivity index (χ4v) is 1.13. The summed E-state index contributed by atoms with van der Waals surface area (Å²) in [6, 6.07) is 7.61.